The van der Waals surface area contributed by atoms with E-state index in [4.69, 9.17) is 9.47 Å². The number of hydrogen-bond acceptors (Lipinski definition) is 4. The normalized spacial score (nSPS) is 12.2. The van der Waals surface area contributed by atoms with Crippen LogP contribution in [0.5, 0.6) is 11.5 Å². The van der Waals surface area contributed by atoms with Crippen LogP contribution in [0.25, 0.3) is 0 Å². The van der Waals surface area contributed by atoms with Crippen LogP contribution in [0.4, 0.5) is 0 Å². The molecule has 0 radical (unpaired) electrons. The molecule has 0 bridgehead atoms. The van der Waals surface area contributed by atoms with Gasteiger partial charge in [-0.1, -0.05) is 27.2 Å². The van der Waals surface area contributed by atoms with Gasteiger partial charge in [0.2, 0.25) is 0 Å². The summed E-state index contributed by atoms with van der Waals surface area (Å²) in [5.74, 6) is 1.44. The number of benzene rings is 1. The first-order valence-electron chi connectivity index (χ1n) is 5.89. The molecule has 5 nitrogen and oxygen atoms in total. The van der Waals surface area contributed by atoms with Crippen molar-refractivity contribution in [3.8, 4) is 11.5 Å². The van der Waals surface area contributed by atoms with E-state index in [2.05, 4.69) is 26.2 Å². The predicted molar refractivity (Wildman–Crippen MR) is 76.0 cm³/mol. The summed E-state index contributed by atoms with van der Waals surface area (Å²) in [5, 5.41) is 8.19. The smallest absolute Gasteiger partial charge is 0.161 e. The highest BCUT2D eigenvalue weighted by atomic mass is 79.9. The third-order valence-corrected chi connectivity index (χ3v) is 3.23. The molecule has 2 rings (SSSR count). The molecule has 1 aromatic carbocycles. The highest BCUT2D eigenvalue weighted by Crippen LogP contribution is 2.28. The van der Waals surface area contributed by atoms with E-state index in [1.807, 2.05) is 31.3 Å². The molecule has 1 atom stereocenters. The number of nitrogens with zero attached hydrogens (tertiary/aromatic N) is 3. The van der Waals surface area contributed by atoms with E-state index in [-0.39, 0.29) is 4.83 Å². The van der Waals surface area contributed by atoms with Crippen LogP contribution < -0.4 is 9.47 Å². The van der Waals surface area contributed by atoms with Crippen molar-refractivity contribution in [2.75, 3.05) is 14.2 Å². The zero-order valence-corrected chi connectivity index (χ0v) is 12.7. The highest BCUT2D eigenvalue weighted by molar-refractivity contribution is 9.09. The Hall–Kier alpha value is -1.56. The molecule has 0 N–H and O–H groups in total. The molecule has 0 aliphatic heterocycles. The van der Waals surface area contributed by atoms with Gasteiger partial charge in [-0.3, -0.25) is 0 Å². The molecule has 0 aliphatic rings. The van der Waals surface area contributed by atoms with Crippen LogP contribution in [0, 0.1) is 0 Å². The number of aromatic nitrogens is 3. The Morgan fingerprint density at radius 3 is 2.58 bits per heavy atom. The summed E-state index contributed by atoms with van der Waals surface area (Å²) in [6.07, 6.45) is 1.93. The lowest BCUT2D eigenvalue weighted by molar-refractivity contribution is 0.354. The zero-order chi connectivity index (χ0) is 13.8. The lowest BCUT2D eigenvalue weighted by Gasteiger charge is -2.09. The van der Waals surface area contributed by atoms with Gasteiger partial charge in [0.1, 0.15) is 0 Å². The van der Waals surface area contributed by atoms with E-state index in [1.165, 1.54) is 0 Å². The van der Waals surface area contributed by atoms with Gasteiger partial charge < -0.3 is 9.47 Å². The molecule has 1 unspecified atom stereocenters. The number of ether oxygens (including phenoxy) is 2. The molecular formula is C13H16BrN3O2. The lowest BCUT2D eigenvalue weighted by Crippen LogP contribution is -2.01. The fraction of sp³-hybridized carbons (Fsp3) is 0.385. The van der Waals surface area contributed by atoms with Crippen molar-refractivity contribution in [3.05, 3.63) is 35.7 Å². The summed E-state index contributed by atoms with van der Waals surface area (Å²) in [5.41, 5.74) is 2.00. The number of hydrogen-bond donors (Lipinski definition) is 0. The minimum atomic E-state index is 0.201. The van der Waals surface area contributed by atoms with E-state index in [1.54, 1.807) is 18.9 Å². The first kappa shape index (κ1) is 13.9. The van der Waals surface area contributed by atoms with Crippen molar-refractivity contribution >= 4 is 15.9 Å². The number of alkyl halides is 1. The molecule has 0 saturated heterocycles. The molecular weight excluding hydrogens is 310 g/mol. The third kappa shape index (κ3) is 3.26. The average Bonchev–Trinajstić information content (AvgIpc) is 2.87. The maximum Gasteiger partial charge on any atom is 0.161 e. The van der Waals surface area contributed by atoms with Crippen molar-refractivity contribution in [1.82, 2.24) is 15.0 Å². The van der Waals surface area contributed by atoms with Crippen LogP contribution in [-0.4, -0.2) is 29.2 Å². The molecule has 19 heavy (non-hydrogen) atoms. The fourth-order valence-electron chi connectivity index (χ4n) is 1.74. The molecule has 6 heteroatoms. The first-order chi connectivity index (χ1) is 9.13. The molecule has 0 saturated carbocycles. The summed E-state index contributed by atoms with van der Waals surface area (Å²) >= 11 is 3.47. The van der Waals surface area contributed by atoms with Crippen LogP contribution >= 0.6 is 15.9 Å². The third-order valence-electron chi connectivity index (χ3n) is 2.76. The van der Waals surface area contributed by atoms with Gasteiger partial charge in [0.15, 0.2) is 11.5 Å². The number of methoxy groups -OCH3 is 2. The van der Waals surface area contributed by atoms with Crippen molar-refractivity contribution < 1.29 is 9.47 Å². The maximum atomic E-state index is 5.28. The van der Waals surface area contributed by atoms with Crippen molar-refractivity contribution in [1.29, 1.82) is 0 Å². The molecule has 0 fully saturated rings. The van der Waals surface area contributed by atoms with E-state index < -0.39 is 0 Å². The lowest BCUT2D eigenvalue weighted by atomic mass is 10.2. The minimum Gasteiger partial charge on any atom is -0.493 e. The van der Waals surface area contributed by atoms with Gasteiger partial charge in [-0.15, -0.1) is 5.10 Å². The quantitative estimate of drug-likeness (QED) is 0.793. The van der Waals surface area contributed by atoms with Gasteiger partial charge in [0.25, 0.3) is 0 Å². The second kappa shape index (κ2) is 6.06. The van der Waals surface area contributed by atoms with Crippen LogP contribution in [0.3, 0.4) is 0 Å². The van der Waals surface area contributed by atoms with Gasteiger partial charge in [0, 0.05) is 6.20 Å². The largest absolute Gasteiger partial charge is 0.493 e. The first-order valence-corrected chi connectivity index (χ1v) is 6.80. The summed E-state index contributed by atoms with van der Waals surface area (Å²) in [4.78, 5) is 0.201. The second-order valence-electron chi connectivity index (χ2n) is 4.15. The molecule has 102 valence electrons. The molecule has 0 aliphatic carbocycles. The van der Waals surface area contributed by atoms with Gasteiger partial charge in [0.05, 0.1) is 31.3 Å². The van der Waals surface area contributed by atoms with E-state index in [0.717, 1.165) is 17.0 Å². The topological polar surface area (TPSA) is 49.2 Å². The van der Waals surface area contributed by atoms with Gasteiger partial charge in [-0.25, -0.2) is 4.68 Å². The SMILES string of the molecule is COc1ccc(Cn2cc(C(C)Br)nn2)cc1OC. The van der Waals surface area contributed by atoms with E-state index in [9.17, 15) is 0 Å². The second-order valence-corrected chi connectivity index (χ2v) is 5.52. The molecule has 1 heterocycles. The maximum absolute atomic E-state index is 5.28. The van der Waals surface area contributed by atoms with Crippen LogP contribution in [0.2, 0.25) is 0 Å². The van der Waals surface area contributed by atoms with Crippen LogP contribution in [-0.2, 0) is 6.54 Å². The summed E-state index contributed by atoms with van der Waals surface area (Å²) in [6, 6.07) is 5.82. The van der Waals surface area contributed by atoms with E-state index >= 15 is 0 Å². The minimum absolute atomic E-state index is 0.201. The van der Waals surface area contributed by atoms with Gasteiger partial charge >= 0.3 is 0 Å². The molecule has 2 aromatic rings. The van der Waals surface area contributed by atoms with Crippen molar-refractivity contribution in [2.24, 2.45) is 0 Å². The fourth-order valence-corrected chi connectivity index (χ4v) is 1.95. The Morgan fingerprint density at radius 1 is 1.26 bits per heavy atom. The van der Waals surface area contributed by atoms with Gasteiger partial charge in [-0.05, 0) is 24.6 Å². The summed E-state index contributed by atoms with van der Waals surface area (Å²) in [7, 11) is 3.25. The molecule has 0 spiro atoms. The Balaban J connectivity index is 2.18. The van der Waals surface area contributed by atoms with Crippen molar-refractivity contribution in [2.45, 2.75) is 18.3 Å². The van der Waals surface area contributed by atoms with Crippen molar-refractivity contribution in [3.63, 3.8) is 0 Å². The van der Waals surface area contributed by atoms with Crippen LogP contribution in [0.15, 0.2) is 24.4 Å². The molecule has 1 aromatic heterocycles. The predicted octanol–water partition coefficient (Wildman–Crippen LogP) is 2.80. The molecule has 0 amide bonds. The standard InChI is InChI=1S/C13H16BrN3O2/c1-9(14)11-8-17(16-15-11)7-10-4-5-12(18-2)13(6-10)19-3/h4-6,8-9H,7H2,1-3H3. The Kier molecular flexibility index (Phi) is 4.42. The number of halogens is 1. The Labute approximate surface area is 120 Å². The monoisotopic (exact) mass is 325 g/mol. The summed E-state index contributed by atoms with van der Waals surface area (Å²) in [6.45, 7) is 2.66. The number of rotatable bonds is 5. The Morgan fingerprint density at radius 2 is 2.00 bits per heavy atom. The highest BCUT2D eigenvalue weighted by Gasteiger charge is 2.08. The average molecular weight is 326 g/mol. The van der Waals surface area contributed by atoms with E-state index in [0.29, 0.717) is 12.3 Å². The Bertz CT molecular complexity index is 555. The zero-order valence-electron chi connectivity index (χ0n) is 11.1. The van der Waals surface area contributed by atoms with Crippen LogP contribution in [0.1, 0.15) is 23.0 Å². The summed E-state index contributed by atoms with van der Waals surface area (Å²) < 4.78 is 12.3. The van der Waals surface area contributed by atoms with Gasteiger partial charge in [-0.2, -0.15) is 0 Å².